The number of nitrogen functional groups attached to an aromatic ring is 1. The van der Waals surface area contributed by atoms with E-state index in [9.17, 15) is 0 Å². The zero-order valence-corrected chi connectivity index (χ0v) is 15.5. The van der Waals surface area contributed by atoms with E-state index in [-0.39, 0.29) is 0 Å². The molecule has 1 aromatic carbocycles. The molecule has 28 heavy (non-hydrogen) atoms. The number of rotatable bonds is 3. The predicted molar refractivity (Wildman–Crippen MR) is 105 cm³/mol. The molecule has 0 unspecified atom stereocenters. The fourth-order valence-corrected chi connectivity index (χ4v) is 3.51. The minimum atomic E-state index is 0.355. The highest BCUT2D eigenvalue weighted by molar-refractivity contribution is 5.80. The van der Waals surface area contributed by atoms with E-state index in [0.29, 0.717) is 50.2 Å². The van der Waals surface area contributed by atoms with Crippen LogP contribution < -0.4 is 15.5 Å². The summed E-state index contributed by atoms with van der Waals surface area (Å²) < 4.78 is 12.7. The minimum Gasteiger partial charge on any atom is -0.378 e. The van der Waals surface area contributed by atoms with Crippen molar-refractivity contribution in [3.05, 3.63) is 24.3 Å². The van der Waals surface area contributed by atoms with Crippen LogP contribution in [0.1, 0.15) is 0 Å². The maximum absolute atomic E-state index is 6.23. The molecule has 0 radical (unpaired) electrons. The van der Waals surface area contributed by atoms with E-state index in [1.54, 1.807) is 4.57 Å². The summed E-state index contributed by atoms with van der Waals surface area (Å²) in [7, 11) is 0. The lowest BCUT2D eigenvalue weighted by atomic mass is 10.3. The molecule has 2 N–H and O–H groups in total. The zero-order chi connectivity index (χ0) is 18.9. The third-order valence-electron chi connectivity index (χ3n) is 4.97. The monoisotopic (exact) mass is 382 g/mol. The Hall–Kier alpha value is -2.98. The summed E-state index contributed by atoms with van der Waals surface area (Å²) in [5.41, 5.74) is 7.90. The molecule has 4 heterocycles. The van der Waals surface area contributed by atoms with Gasteiger partial charge in [0.05, 0.1) is 37.5 Å². The van der Waals surface area contributed by atoms with Crippen molar-refractivity contribution in [2.24, 2.45) is 0 Å². The molecule has 0 bridgehead atoms. The van der Waals surface area contributed by atoms with Crippen molar-refractivity contribution in [3.63, 3.8) is 0 Å². The lowest BCUT2D eigenvalue weighted by molar-refractivity contribution is 0.121. The molecule has 0 saturated carbocycles. The Morgan fingerprint density at radius 2 is 1.25 bits per heavy atom. The molecular formula is C18H22N8O2. The Bertz CT molecular complexity index is 943. The fourth-order valence-electron chi connectivity index (χ4n) is 3.51. The lowest BCUT2D eigenvalue weighted by Gasteiger charge is -2.30. The molecular weight excluding hydrogens is 360 g/mol. The number of nitrogens with zero attached hydrogens (tertiary/aromatic N) is 7. The number of hydrogen-bond acceptors (Lipinski definition) is 9. The normalized spacial score (nSPS) is 18.0. The van der Waals surface area contributed by atoms with E-state index in [2.05, 4.69) is 14.8 Å². The second-order valence-electron chi connectivity index (χ2n) is 6.73. The van der Waals surface area contributed by atoms with Gasteiger partial charge >= 0.3 is 0 Å². The van der Waals surface area contributed by atoms with E-state index < -0.39 is 0 Å². The topological polar surface area (TPSA) is 107 Å². The van der Waals surface area contributed by atoms with Gasteiger partial charge < -0.3 is 25.0 Å². The second-order valence-corrected chi connectivity index (χ2v) is 6.73. The third-order valence-corrected chi connectivity index (χ3v) is 4.97. The predicted octanol–water partition coefficient (Wildman–Crippen LogP) is 0.466. The van der Waals surface area contributed by atoms with E-state index in [1.807, 2.05) is 24.3 Å². The second kappa shape index (κ2) is 7.21. The van der Waals surface area contributed by atoms with Gasteiger partial charge in [0.1, 0.15) is 0 Å². The number of imidazole rings is 1. The van der Waals surface area contributed by atoms with Gasteiger partial charge in [-0.25, -0.2) is 9.55 Å². The van der Waals surface area contributed by atoms with Crippen molar-refractivity contribution < 1.29 is 9.47 Å². The largest absolute Gasteiger partial charge is 0.378 e. The Morgan fingerprint density at radius 3 is 1.86 bits per heavy atom. The first-order chi connectivity index (χ1) is 13.8. The van der Waals surface area contributed by atoms with Crippen molar-refractivity contribution in [3.8, 4) is 5.95 Å². The molecule has 2 saturated heterocycles. The molecule has 3 aromatic rings. The van der Waals surface area contributed by atoms with Gasteiger partial charge in [-0.3, -0.25) is 0 Å². The van der Waals surface area contributed by atoms with Crippen LogP contribution in [-0.2, 0) is 9.47 Å². The minimum absolute atomic E-state index is 0.355. The van der Waals surface area contributed by atoms with Gasteiger partial charge in [0, 0.05) is 26.2 Å². The van der Waals surface area contributed by atoms with Crippen LogP contribution in [0.3, 0.4) is 0 Å². The molecule has 2 fully saturated rings. The number of para-hydroxylation sites is 2. The van der Waals surface area contributed by atoms with Crippen molar-refractivity contribution in [2.75, 3.05) is 68.1 Å². The molecule has 2 aliphatic heterocycles. The van der Waals surface area contributed by atoms with Crippen molar-refractivity contribution in [1.82, 2.24) is 24.5 Å². The molecule has 0 aliphatic carbocycles. The average molecular weight is 382 g/mol. The van der Waals surface area contributed by atoms with E-state index in [0.717, 1.165) is 37.2 Å². The zero-order valence-electron chi connectivity index (χ0n) is 15.5. The van der Waals surface area contributed by atoms with Crippen LogP contribution in [0.4, 0.5) is 17.8 Å². The average Bonchev–Trinajstić information content (AvgIpc) is 3.10. The van der Waals surface area contributed by atoms with Crippen LogP contribution in [0.25, 0.3) is 17.0 Å². The summed E-state index contributed by atoms with van der Waals surface area (Å²) in [5, 5.41) is 0. The lowest BCUT2D eigenvalue weighted by Crippen LogP contribution is -2.40. The highest BCUT2D eigenvalue weighted by atomic mass is 16.5. The quantitative estimate of drug-likeness (QED) is 0.691. The molecule has 5 rings (SSSR count). The number of nitrogens with two attached hydrogens (primary N) is 1. The maximum Gasteiger partial charge on any atom is 0.243 e. The van der Waals surface area contributed by atoms with Crippen molar-refractivity contribution in [2.45, 2.75) is 0 Å². The van der Waals surface area contributed by atoms with Crippen LogP contribution in [0.15, 0.2) is 24.3 Å². The Labute approximate surface area is 161 Å². The Kier molecular flexibility index (Phi) is 4.41. The number of aromatic nitrogens is 5. The first kappa shape index (κ1) is 17.1. The number of benzene rings is 1. The van der Waals surface area contributed by atoms with Gasteiger partial charge in [0.15, 0.2) is 0 Å². The molecule has 0 amide bonds. The first-order valence-electron chi connectivity index (χ1n) is 9.44. The van der Waals surface area contributed by atoms with E-state index in [4.69, 9.17) is 30.2 Å². The summed E-state index contributed by atoms with van der Waals surface area (Å²) >= 11 is 0. The van der Waals surface area contributed by atoms with Gasteiger partial charge in [0.2, 0.25) is 23.8 Å². The van der Waals surface area contributed by atoms with Crippen LogP contribution in [0.5, 0.6) is 0 Å². The number of ether oxygens (including phenoxy) is 2. The number of fused-ring (bicyclic) bond motifs is 1. The molecule has 0 atom stereocenters. The van der Waals surface area contributed by atoms with Gasteiger partial charge in [-0.2, -0.15) is 15.0 Å². The molecule has 10 heteroatoms. The van der Waals surface area contributed by atoms with Crippen LogP contribution in [0.2, 0.25) is 0 Å². The van der Waals surface area contributed by atoms with Crippen LogP contribution in [-0.4, -0.2) is 77.1 Å². The summed E-state index contributed by atoms with van der Waals surface area (Å²) in [6.07, 6.45) is 0. The van der Waals surface area contributed by atoms with Gasteiger partial charge in [-0.05, 0) is 12.1 Å². The molecule has 146 valence electrons. The Balaban J connectivity index is 1.64. The summed E-state index contributed by atoms with van der Waals surface area (Å²) in [4.78, 5) is 22.9. The van der Waals surface area contributed by atoms with Gasteiger partial charge in [-0.15, -0.1) is 0 Å². The summed E-state index contributed by atoms with van der Waals surface area (Å²) in [5.74, 6) is 2.09. The summed E-state index contributed by atoms with van der Waals surface area (Å²) in [6, 6.07) is 7.78. The molecule has 2 aromatic heterocycles. The number of morpholine rings is 2. The molecule has 10 nitrogen and oxygen atoms in total. The van der Waals surface area contributed by atoms with E-state index in [1.165, 1.54) is 0 Å². The summed E-state index contributed by atoms with van der Waals surface area (Å²) in [6.45, 7) is 5.60. The van der Waals surface area contributed by atoms with E-state index >= 15 is 0 Å². The number of hydrogen-bond donors (Lipinski definition) is 1. The Morgan fingerprint density at radius 1 is 0.714 bits per heavy atom. The SMILES string of the molecule is Nc1nc2ccccc2n1-c1nc(N2CCOCC2)nc(N2CCOCC2)n1. The van der Waals surface area contributed by atoms with Gasteiger partial charge in [-0.1, -0.05) is 12.1 Å². The standard InChI is InChI=1S/C18H22N8O2/c19-15-20-13-3-1-2-4-14(13)26(15)18-22-16(24-5-9-27-10-6-24)21-17(23-18)25-7-11-28-12-8-25/h1-4H,5-12H2,(H2,19,20). The highest BCUT2D eigenvalue weighted by Crippen LogP contribution is 2.24. The van der Waals surface area contributed by atoms with Crippen molar-refractivity contribution >= 4 is 28.9 Å². The van der Waals surface area contributed by atoms with Gasteiger partial charge in [0.25, 0.3) is 0 Å². The van der Waals surface area contributed by atoms with Crippen LogP contribution >= 0.6 is 0 Å². The van der Waals surface area contributed by atoms with Crippen molar-refractivity contribution in [1.29, 1.82) is 0 Å². The smallest absolute Gasteiger partial charge is 0.243 e. The molecule has 0 spiro atoms. The first-order valence-corrected chi connectivity index (χ1v) is 9.44. The molecule has 2 aliphatic rings. The maximum atomic E-state index is 6.23. The van der Waals surface area contributed by atoms with Crippen LogP contribution in [0, 0.1) is 0 Å². The fraction of sp³-hybridized carbons (Fsp3) is 0.444. The number of anilines is 3. The highest BCUT2D eigenvalue weighted by Gasteiger charge is 2.22. The third kappa shape index (κ3) is 3.10.